The van der Waals surface area contributed by atoms with Crippen molar-refractivity contribution in [2.24, 2.45) is 0 Å². The number of hydrogen-bond acceptors (Lipinski definition) is 5. The number of hydrogen-bond donors (Lipinski definition) is 1. The fraction of sp³-hybridized carbons (Fsp3) is 0.0588. The summed E-state index contributed by atoms with van der Waals surface area (Å²) < 4.78 is 19.3. The molecule has 4 rings (SSSR count). The Morgan fingerprint density at radius 2 is 1.96 bits per heavy atom. The van der Waals surface area contributed by atoms with Crippen molar-refractivity contribution >= 4 is 37.7 Å². The first-order valence-corrected chi connectivity index (χ1v) is 7.77. The van der Waals surface area contributed by atoms with Crippen LogP contribution < -0.4 is 11.2 Å². The van der Waals surface area contributed by atoms with Crippen LogP contribution in [-0.2, 0) is 6.42 Å². The lowest BCUT2D eigenvalue weighted by Crippen LogP contribution is -2.09. The average Bonchev–Trinajstić information content (AvgIpc) is 2.92. The Kier molecular flexibility index (Phi) is 3.12. The smallest absolute Gasteiger partial charge is 0.197 e. The molecule has 2 heterocycles. The second kappa shape index (κ2) is 5.17. The number of nitrogens with zero attached hydrogens (tertiary/aromatic N) is 1. The molecule has 2 aromatic heterocycles. The summed E-state index contributed by atoms with van der Waals surface area (Å²) in [6, 6.07) is 9.57. The average molecular weight is 326 g/mol. The van der Waals surface area contributed by atoms with E-state index in [2.05, 4.69) is 4.98 Å². The molecule has 0 bridgehead atoms. The van der Waals surface area contributed by atoms with Gasteiger partial charge in [-0.3, -0.25) is 4.79 Å². The molecule has 0 atom stereocenters. The number of aromatic nitrogens is 1. The predicted molar refractivity (Wildman–Crippen MR) is 89.3 cm³/mol. The fourth-order valence-corrected chi connectivity index (χ4v) is 3.46. The Morgan fingerprint density at radius 1 is 1.17 bits per heavy atom. The van der Waals surface area contributed by atoms with Gasteiger partial charge in [0.25, 0.3) is 0 Å². The highest BCUT2D eigenvalue weighted by atomic mass is 32.1. The molecule has 0 radical (unpaired) electrons. The summed E-state index contributed by atoms with van der Waals surface area (Å²) in [5.74, 6) is -0.305. The Bertz CT molecular complexity index is 1080. The van der Waals surface area contributed by atoms with Crippen LogP contribution in [0.2, 0.25) is 0 Å². The van der Waals surface area contributed by atoms with E-state index in [1.807, 2.05) is 0 Å². The molecule has 114 valence electrons. The summed E-state index contributed by atoms with van der Waals surface area (Å²) >= 11 is 1.27. The second-order valence-corrected chi connectivity index (χ2v) is 6.26. The Labute approximate surface area is 134 Å². The van der Waals surface area contributed by atoms with Crippen LogP contribution >= 0.6 is 11.3 Å². The van der Waals surface area contributed by atoms with Crippen LogP contribution in [0.15, 0.2) is 51.9 Å². The monoisotopic (exact) mass is 326 g/mol. The zero-order chi connectivity index (χ0) is 16.0. The summed E-state index contributed by atoms with van der Waals surface area (Å²) in [4.78, 5) is 17.0. The highest BCUT2D eigenvalue weighted by Gasteiger charge is 2.13. The van der Waals surface area contributed by atoms with Gasteiger partial charge in [-0.15, -0.1) is 0 Å². The summed E-state index contributed by atoms with van der Waals surface area (Å²) in [7, 11) is 0. The first-order valence-electron chi connectivity index (χ1n) is 6.95. The van der Waals surface area contributed by atoms with Gasteiger partial charge in [-0.25, -0.2) is 9.37 Å². The van der Waals surface area contributed by atoms with Crippen LogP contribution in [-0.4, -0.2) is 4.98 Å². The lowest BCUT2D eigenvalue weighted by molar-refractivity contribution is 0.595. The molecule has 6 heteroatoms. The standard InChI is InChI=1S/C17H11FN2O2S/c18-11-3-1-9(2-4-11)7-10-8-22-13-6-5-12-16(14(13)15(10)21)23-17(19)20-12/h1-6,8H,7H2,(H2,19,20). The molecule has 4 aromatic rings. The van der Waals surface area contributed by atoms with Crippen molar-refractivity contribution in [3.05, 3.63) is 69.8 Å². The van der Waals surface area contributed by atoms with Crippen LogP contribution in [0.25, 0.3) is 21.2 Å². The summed E-state index contributed by atoms with van der Waals surface area (Å²) in [6.07, 6.45) is 1.84. The molecule has 2 N–H and O–H groups in total. The molecular formula is C17H11FN2O2S. The molecule has 4 nitrogen and oxygen atoms in total. The maximum atomic E-state index is 13.0. The molecular weight excluding hydrogens is 315 g/mol. The lowest BCUT2D eigenvalue weighted by Gasteiger charge is -2.03. The highest BCUT2D eigenvalue weighted by Crippen LogP contribution is 2.30. The molecule has 0 fully saturated rings. The van der Waals surface area contributed by atoms with Crippen molar-refractivity contribution in [3.8, 4) is 0 Å². The van der Waals surface area contributed by atoms with Gasteiger partial charge in [0.05, 0.1) is 21.9 Å². The van der Waals surface area contributed by atoms with Crippen LogP contribution in [0, 0.1) is 5.82 Å². The topological polar surface area (TPSA) is 69.1 Å². The minimum absolute atomic E-state index is 0.107. The fourth-order valence-electron chi connectivity index (χ4n) is 2.60. The first-order chi connectivity index (χ1) is 11.1. The van der Waals surface area contributed by atoms with Crippen molar-refractivity contribution in [1.29, 1.82) is 0 Å². The number of benzene rings is 2. The van der Waals surface area contributed by atoms with Crippen molar-refractivity contribution in [3.63, 3.8) is 0 Å². The van der Waals surface area contributed by atoms with E-state index in [0.29, 0.717) is 33.6 Å². The number of nitrogen functional groups attached to an aromatic ring is 1. The maximum Gasteiger partial charge on any atom is 0.197 e. The van der Waals surface area contributed by atoms with E-state index in [0.717, 1.165) is 10.3 Å². The van der Waals surface area contributed by atoms with Crippen molar-refractivity contribution in [1.82, 2.24) is 4.98 Å². The Hall–Kier alpha value is -2.73. The molecule has 0 amide bonds. The van der Waals surface area contributed by atoms with Gasteiger partial charge >= 0.3 is 0 Å². The highest BCUT2D eigenvalue weighted by molar-refractivity contribution is 7.22. The van der Waals surface area contributed by atoms with E-state index in [1.165, 1.54) is 29.7 Å². The molecule has 0 unspecified atom stereocenters. The molecule has 0 aliphatic heterocycles. The van der Waals surface area contributed by atoms with Crippen LogP contribution in [0.5, 0.6) is 0 Å². The molecule has 23 heavy (non-hydrogen) atoms. The van der Waals surface area contributed by atoms with Crippen molar-refractivity contribution in [2.45, 2.75) is 6.42 Å². The first kappa shape index (κ1) is 13.9. The van der Waals surface area contributed by atoms with Crippen LogP contribution in [0.1, 0.15) is 11.1 Å². The molecule has 0 spiro atoms. The number of anilines is 1. The minimum atomic E-state index is -0.305. The molecule has 2 aromatic carbocycles. The number of halogens is 1. The molecule has 0 aliphatic carbocycles. The number of rotatable bonds is 2. The number of fused-ring (bicyclic) bond motifs is 3. The van der Waals surface area contributed by atoms with Crippen LogP contribution in [0.3, 0.4) is 0 Å². The number of nitrogens with two attached hydrogens (primary N) is 1. The summed E-state index contributed by atoms with van der Waals surface area (Å²) in [6.45, 7) is 0. The zero-order valence-electron chi connectivity index (χ0n) is 11.9. The van der Waals surface area contributed by atoms with E-state index >= 15 is 0 Å². The largest absolute Gasteiger partial charge is 0.464 e. The third-order valence-corrected chi connectivity index (χ3v) is 4.61. The van der Waals surface area contributed by atoms with Crippen molar-refractivity contribution in [2.75, 3.05) is 5.73 Å². The molecule has 0 aliphatic rings. The molecule has 0 saturated heterocycles. The van der Waals surface area contributed by atoms with Gasteiger partial charge < -0.3 is 10.2 Å². The SMILES string of the molecule is Nc1nc2ccc3occ(Cc4ccc(F)cc4)c(=O)c3c2s1. The van der Waals surface area contributed by atoms with Gasteiger partial charge in [0, 0.05) is 12.0 Å². The third kappa shape index (κ3) is 2.37. The third-order valence-electron chi connectivity index (χ3n) is 3.69. The summed E-state index contributed by atoms with van der Waals surface area (Å²) in [5, 5.41) is 0.909. The molecule has 0 saturated carbocycles. The minimum Gasteiger partial charge on any atom is -0.464 e. The zero-order valence-corrected chi connectivity index (χ0v) is 12.7. The van der Waals surface area contributed by atoms with Gasteiger partial charge in [-0.2, -0.15) is 0 Å². The van der Waals surface area contributed by atoms with Gasteiger partial charge in [-0.1, -0.05) is 23.5 Å². The van der Waals surface area contributed by atoms with Gasteiger partial charge in [-0.05, 0) is 29.8 Å². The van der Waals surface area contributed by atoms with E-state index < -0.39 is 0 Å². The van der Waals surface area contributed by atoms with E-state index in [1.54, 1.807) is 24.3 Å². The maximum absolute atomic E-state index is 13.0. The van der Waals surface area contributed by atoms with Gasteiger partial charge in [0.15, 0.2) is 10.6 Å². The summed E-state index contributed by atoms with van der Waals surface area (Å²) in [5.41, 5.74) is 8.19. The lowest BCUT2D eigenvalue weighted by atomic mass is 10.0. The predicted octanol–water partition coefficient (Wildman–Crippen LogP) is 3.71. The van der Waals surface area contributed by atoms with E-state index in [-0.39, 0.29) is 11.2 Å². The quantitative estimate of drug-likeness (QED) is 0.609. The van der Waals surface area contributed by atoms with Gasteiger partial charge in [0.2, 0.25) is 0 Å². The van der Waals surface area contributed by atoms with Gasteiger partial charge in [0.1, 0.15) is 11.4 Å². The van der Waals surface area contributed by atoms with Crippen LogP contribution in [0.4, 0.5) is 9.52 Å². The van der Waals surface area contributed by atoms with E-state index in [4.69, 9.17) is 10.2 Å². The van der Waals surface area contributed by atoms with Crippen molar-refractivity contribution < 1.29 is 8.81 Å². The number of thiazole rings is 1. The van der Waals surface area contributed by atoms with E-state index in [9.17, 15) is 9.18 Å². The normalized spacial score (nSPS) is 11.3. The second-order valence-electron chi connectivity index (χ2n) is 5.23. The Balaban J connectivity index is 1.91. The Morgan fingerprint density at radius 3 is 2.74 bits per heavy atom.